The van der Waals surface area contributed by atoms with Gasteiger partial charge in [0.2, 0.25) is 0 Å². The molecule has 0 bridgehead atoms. The van der Waals surface area contributed by atoms with Gasteiger partial charge in [0, 0.05) is 17.7 Å². The summed E-state index contributed by atoms with van der Waals surface area (Å²) in [6.45, 7) is 2.71. The number of anilines is 1. The standard InChI is InChI=1S/C18H18N4OS/c1-2-19-18(24)22-21-17-20-15(13-9-5-3-6-10-13)16(23-17)14-11-7-4-8-12-14/h3-12H,2H2,1H3,(H,20,21)(H2,19,22,24). The third kappa shape index (κ3) is 3.72. The van der Waals surface area contributed by atoms with Crippen molar-refractivity contribution in [2.75, 3.05) is 12.0 Å². The zero-order valence-corrected chi connectivity index (χ0v) is 14.1. The smallest absolute Gasteiger partial charge is 0.315 e. The lowest BCUT2D eigenvalue weighted by Crippen LogP contribution is -2.38. The van der Waals surface area contributed by atoms with Crippen LogP contribution in [0.15, 0.2) is 65.1 Å². The molecule has 0 aliphatic rings. The van der Waals surface area contributed by atoms with Crippen molar-refractivity contribution in [3.8, 4) is 22.6 Å². The Morgan fingerprint density at radius 2 is 1.62 bits per heavy atom. The van der Waals surface area contributed by atoms with Crippen LogP contribution in [0.2, 0.25) is 0 Å². The van der Waals surface area contributed by atoms with Gasteiger partial charge in [-0.15, -0.1) is 0 Å². The summed E-state index contributed by atoms with van der Waals surface area (Å²) in [4.78, 5) is 4.56. The van der Waals surface area contributed by atoms with Gasteiger partial charge in [-0.3, -0.25) is 10.9 Å². The Labute approximate surface area is 146 Å². The Bertz CT molecular complexity index is 745. The predicted octanol–water partition coefficient (Wildman–Crippen LogP) is 3.82. The van der Waals surface area contributed by atoms with Crippen LogP contribution in [0.25, 0.3) is 22.6 Å². The Balaban J connectivity index is 1.93. The third-order valence-electron chi connectivity index (χ3n) is 3.33. The predicted molar refractivity (Wildman–Crippen MR) is 100 cm³/mol. The fourth-order valence-electron chi connectivity index (χ4n) is 2.27. The summed E-state index contributed by atoms with van der Waals surface area (Å²) < 4.78 is 5.91. The number of hydrogen-bond donors (Lipinski definition) is 3. The highest BCUT2D eigenvalue weighted by Crippen LogP contribution is 2.33. The van der Waals surface area contributed by atoms with Crippen molar-refractivity contribution < 1.29 is 4.42 Å². The molecule has 0 unspecified atom stereocenters. The van der Waals surface area contributed by atoms with Crippen molar-refractivity contribution in [3.63, 3.8) is 0 Å². The van der Waals surface area contributed by atoms with Crippen LogP contribution in [0.3, 0.4) is 0 Å². The quantitative estimate of drug-likeness (QED) is 0.486. The summed E-state index contributed by atoms with van der Waals surface area (Å²) in [5, 5.41) is 3.47. The Hall–Kier alpha value is -2.86. The van der Waals surface area contributed by atoms with E-state index in [0.29, 0.717) is 16.9 Å². The summed E-state index contributed by atoms with van der Waals surface area (Å²) in [5.41, 5.74) is 8.49. The molecule has 0 aliphatic carbocycles. The van der Waals surface area contributed by atoms with Crippen LogP contribution in [0.5, 0.6) is 0 Å². The molecule has 3 aromatic rings. The van der Waals surface area contributed by atoms with E-state index in [1.165, 1.54) is 0 Å². The molecular formula is C18H18N4OS. The van der Waals surface area contributed by atoms with Gasteiger partial charge in [-0.25, -0.2) is 0 Å². The normalized spacial score (nSPS) is 10.2. The maximum atomic E-state index is 5.91. The molecule has 0 fully saturated rings. The van der Waals surface area contributed by atoms with E-state index >= 15 is 0 Å². The van der Waals surface area contributed by atoms with Gasteiger partial charge in [-0.05, 0) is 19.1 Å². The van der Waals surface area contributed by atoms with Gasteiger partial charge in [0.15, 0.2) is 10.9 Å². The monoisotopic (exact) mass is 338 g/mol. The van der Waals surface area contributed by atoms with Crippen molar-refractivity contribution >= 4 is 23.3 Å². The molecule has 1 aromatic heterocycles. The van der Waals surface area contributed by atoms with Gasteiger partial charge in [0.25, 0.3) is 0 Å². The molecule has 0 atom stereocenters. The number of hydrazine groups is 1. The molecule has 24 heavy (non-hydrogen) atoms. The molecular weight excluding hydrogens is 320 g/mol. The van der Waals surface area contributed by atoms with E-state index in [4.69, 9.17) is 16.6 Å². The first-order valence-corrected chi connectivity index (χ1v) is 8.10. The van der Waals surface area contributed by atoms with Crippen molar-refractivity contribution in [2.45, 2.75) is 6.92 Å². The lowest BCUT2D eigenvalue weighted by molar-refractivity contribution is 0.582. The Kier molecular flexibility index (Phi) is 5.08. The number of rotatable bonds is 5. The molecule has 0 saturated heterocycles. The average molecular weight is 338 g/mol. The van der Waals surface area contributed by atoms with E-state index in [0.717, 1.165) is 23.4 Å². The number of hydrogen-bond acceptors (Lipinski definition) is 4. The van der Waals surface area contributed by atoms with Crippen LogP contribution in [0.4, 0.5) is 6.01 Å². The average Bonchev–Trinajstić information content (AvgIpc) is 3.06. The van der Waals surface area contributed by atoms with Crippen LogP contribution < -0.4 is 16.2 Å². The molecule has 3 N–H and O–H groups in total. The molecule has 1 heterocycles. The molecule has 3 rings (SSSR count). The van der Waals surface area contributed by atoms with E-state index < -0.39 is 0 Å². The van der Waals surface area contributed by atoms with Crippen LogP contribution in [-0.2, 0) is 0 Å². The molecule has 0 aliphatic heterocycles. The number of oxazole rings is 1. The lowest BCUT2D eigenvalue weighted by atomic mass is 10.1. The highest BCUT2D eigenvalue weighted by Gasteiger charge is 2.16. The molecule has 6 heteroatoms. The van der Waals surface area contributed by atoms with Crippen LogP contribution >= 0.6 is 12.2 Å². The second-order valence-corrected chi connectivity index (χ2v) is 5.45. The maximum Gasteiger partial charge on any atom is 0.315 e. The fraction of sp³-hybridized carbons (Fsp3) is 0.111. The largest absolute Gasteiger partial charge is 0.422 e. The molecule has 122 valence electrons. The number of nitrogens with one attached hydrogen (secondary N) is 3. The van der Waals surface area contributed by atoms with Crippen molar-refractivity contribution in [3.05, 3.63) is 60.7 Å². The van der Waals surface area contributed by atoms with Gasteiger partial charge >= 0.3 is 6.01 Å². The minimum atomic E-state index is 0.355. The summed E-state index contributed by atoms with van der Waals surface area (Å²) >= 11 is 5.12. The summed E-state index contributed by atoms with van der Waals surface area (Å²) in [6.07, 6.45) is 0. The Morgan fingerprint density at radius 3 is 2.25 bits per heavy atom. The van der Waals surface area contributed by atoms with Crippen LogP contribution in [-0.4, -0.2) is 16.6 Å². The van der Waals surface area contributed by atoms with Gasteiger partial charge in [-0.2, -0.15) is 4.98 Å². The summed E-state index contributed by atoms with van der Waals surface area (Å²) in [6, 6.07) is 20.2. The first-order valence-electron chi connectivity index (χ1n) is 7.69. The minimum Gasteiger partial charge on any atom is -0.422 e. The van der Waals surface area contributed by atoms with Crippen LogP contribution in [0.1, 0.15) is 6.92 Å². The third-order valence-corrected chi connectivity index (χ3v) is 3.58. The molecule has 0 spiro atoms. The van der Waals surface area contributed by atoms with Crippen molar-refractivity contribution in [2.24, 2.45) is 0 Å². The SMILES string of the molecule is CCNC(=S)NNc1nc(-c2ccccc2)c(-c2ccccc2)o1. The van der Waals surface area contributed by atoms with Gasteiger partial charge in [0.1, 0.15) is 5.69 Å². The van der Waals surface area contributed by atoms with Crippen LogP contribution in [0, 0.1) is 0 Å². The van der Waals surface area contributed by atoms with Gasteiger partial charge < -0.3 is 9.73 Å². The zero-order valence-electron chi connectivity index (χ0n) is 13.2. The highest BCUT2D eigenvalue weighted by atomic mass is 32.1. The molecule has 0 saturated carbocycles. The zero-order chi connectivity index (χ0) is 16.8. The van der Waals surface area contributed by atoms with E-state index in [1.54, 1.807) is 0 Å². The number of nitrogens with zero attached hydrogens (tertiary/aromatic N) is 1. The topological polar surface area (TPSA) is 62.1 Å². The highest BCUT2D eigenvalue weighted by molar-refractivity contribution is 7.80. The van der Waals surface area contributed by atoms with Gasteiger partial charge in [0.05, 0.1) is 0 Å². The molecule has 0 radical (unpaired) electrons. The first kappa shape index (κ1) is 16.0. The number of thiocarbonyl (C=S) groups is 1. The van der Waals surface area contributed by atoms with E-state index in [9.17, 15) is 0 Å². The second-order valence-electron chi connectivity index (χ2n) is 5.04. The molecule has 2 aromatic carbocycles. The maximum absolute atomic E-state index is 5.91. The second kappa shape index (κ2) is 7.61. The first-order chi connectivity index (χ1) is 11.8. The fourth-order valence-corrected chi connectivity index (χ4v) is 2.46. The summed E-state index contributed by atoms with van der Waals surface area (Å²) in [7, 11) is 0. The minimum absolute atomic E-state index is 0.355. The lowest BCUT2D eigenvalue weighted by Gasteiger charge is -2.07. The van der Waals surface area contributed by atoms with E-state index in [2.05, 4.69) is 21.2 Å². The van der Waals surface area contributed by atoms with E-state index in [-0.39, 0.29) is 0 Å². The Morgan fingerprint density at radius 1 is 1.00 bits per heavy atom. The van der Waals surface area contributed by atoms with Gasteiger partial charge in [-0.1, -0.05) is 60.7 Å². The van der Waals surface area contributed by atoms with Crippen molar-refractivity contribution in [1.82, 2.24) is 15.7 Å². The summed E-state index contributed by atoms with van der Waals surface area (Å²) in [5.74, 6) is 0.709. The van der Waals surface area contributed by atoms with E-state index in [1.807, 2.05) is 67.6 Å². The van der Waals surface area contributed by atoms with Crippen molar-refractivity contribution in [1.29, 1.82) is 0 Å². The number of benzene rings is 2. The number of aromatic nitrogens is 1. The molecule has 0 amide bonds. The molecule has 5 nitrogen and oxygen atoms in total.